The van der Waals surface area contributed by atoms with Gasteiger partial charge in [-0.15, -0.1) is 11.8 Å². The van der Waals surface area contributed by atoms with Crippen LogP contribution in [-0.2, 0) is 37.1 Å². The molecule has 1 N–H and O–H groups in total. The van der Waals surface area contributed by atoms with E-state index in [1.165, 1.54) is 40.9 Å². The molecule has 0 unspecified atom stereocenters. The Morgan fingerprint density at radius 1 is 0.927 bits per heavy atom. The largest absolute Gasteiger partial charge is 0.490 e. The summed E-state index contributed by atoms with van der Waals surface area (Å²) in [6.45, 7) is -0.251. The van der Waals surface area contributed by atoms with Crippen molar-refractivity contribution in [3.8, 4) is 5.75 Å². The molecule has 41 heavy (non-hydrogen) atoms. The lowest BCUT2D eigenvalue weighted by molar-refractivity contribution is -0.384. The second-order valence-corrected chi connectivity index (χ2v) is 10.2. The highest BCUT2D eigenvalue weighted by Crippen LogP contribution is 2.41. The molecule has 0 radical (unpaired) electrons. The summed E-state index contributed by atoms with van der Waals surface area (Å²) < 4.78 is 17.0. The lowest BCUT2D eigenvalue weighted by atomic mass is 10.0. The number of benzene rings is 3. The van der Waals surface area contributed by atoms with E-state index >= 15 is 0 Å². The van der Waals surface area contributed by atoms with Crippen LogP contribution in [0.15, 0.2) is 96.4 Å². The number of carbonyl (C=O) groups is 3. The molecule has 5 rings (SSSR count). The smallest absolute Gasteiger partial charge is 0.358 e. The Kier molecular flexibility index (Phi) is 8.49. The van der Waals surface area contributed by atoms with Crippen LogP contribution in [-0.4, -0.2) is 51.4 Å². The van der Waals surface area contributed by atoms with E-state index in [1.807, 2.05) is 36.4 Å². The molecular formula is C29H25N3O8S. The summed E-state index contributed by atoms with van der Waals surface area (Å²) in [5.74, 6) is -0.631. The third kappa shape index (κ3) is 6.49. The highest BCUT2D eigenvalue weighted by atomic mass is 32.2. The average molecular weight is 576 g/mol. The van der Waals surface area contributed by atoms with Crippen molar-refractivity contribution in [3.05, 3.63) is 118 Å². The molecule has 0 saturated carbocycles. The van der Waals surface area contributed by atoms with Crippen LogP contribution in [0.1, 0.15) is 11.1 Å². The average Bonchev–Trinajstić information content (AvgIpc) is 3.01. The summed E-state index contributed by atoms with van der Waals surface area (Å²) in [7, 11) is 0. The molecule has 0 spiro atoms. The molecule has 2 aliphatic rings. The molecule has 2 amide bonds. The number of rotatable bonds is 11. The van der Waals surface area contributed by atoms with Crippen LogP contribution in [0.3, 0.4) is 0 Å². The molecule has 1 saturated heterocycles. The Bertz CT molecular complexity index is 1460. The van der Waals surface area contributed by atoms with Gasteiger partial charge in [-0.05, 0) is 35.4 Å². The normalized spacial score (nSPS) is 17.7. The van der Waals surface area contributed by atoms with Crippen LogP contribution in [0.25, 0.3) is 0 Å². The van der Waals surface area contributed by atoms with Crippen molar-refractivity contribution in [1.82, 2.24) is 10.2 Å². The van der Waals surface area contributed by atoms with Crippen molar-refractivity contribution < 1.29 is 33.5 Å². The van der Waals surface area contributed by atoms with E-state index < -0.39 is 34.1 Å². The Labute approximate surface area is 239 Å². The molecule has 12 heteroatoms. The Morgan fingerprint density at radius 3 is 2.27 bits per heavy atom. The molecule has 2 heterocycles. The number of non-ortho nitro benzene ring substituents is 1. The highest BCUT2D eigenvalue weighted by Gasteiger charge is 2.55. The maximum absolute atomic E-state index is 13.3. The zero-order chi connectivity index (χ0) is 28.8. The number of nitro benzene ring substituents is 1. The summed E-state index contributed by atoms with van der Waals surface area (Å²) in [5, 5.41) is 13.1. The zero-order valence-corrected chi connectivity index (χ0v) is 22.5. The minimum atomic E-state index is -0.847. The molecular weight excluding hydrogens is 550 g/mol. The van der Waals surface area contributed by atoms with E-state index in [1.54, 1.807) is 24.3 Å². The summed E-state index contributed by atoms with van der Waals surface area (Å²) in [4.78, 5) is 50.7. The number of carbonyl (C=O) groups excluding carboxylic acids is 3. The maximum atomic E-state index is 13.3. The number of thioether (sulfide) groups is 1. The fourth-order valence-electron chi connectivity index (χ4n) is 4.25. The van der Waals surface area contributed by atoms with Crippen molar-refractivity contribution >= 4 is 35.2 Å². The Balaban J connectivity index is 1.28. The summed E-state index contributed by atoms with van der Waals surface area (Å²) in [6.07, 6.45) is 0. The van der Waals surface area contributed by atoms with Gasteiger partial charge in [0.1, 0.15) is 36.1 Å². The van der Waals surface area contributed by atoms with Crippen LogP contribution in [0, 0.1) is 10.1 Å². The van der Waals surface area contributed by atoms with Gasteiger partial charge in [0.2, 0.25) is 0 Å². The first-order chi connectivity index (χ1) is 19.9. The van der Waals surface area contributed by atoms with Crippen LogP contribution in [0.2, 0.25) is 0 Å². The van der Waals surface area contributed by atoms with Gasteiger partial charge in [0.25, 0.3) is 17.5 Å². The first-order valence-corrected chi connectivity index (χ1v) is 13.7. The predicted octanol–water partition coefficient (Wildman–Crippen LogP) is 3.55. The van der Waals surface area contributed by atoms with Crippen molar-refractivity contribution in [2.24, 2.45) is 0 Å². The predicted molar refractivity (Wildman–Crippen MR) is 148 cm³/mol. The number of amides is 2. The molecule has 0 aliphatic carbocycles. The van der Waals surface area contributed by atoms with Crippen molar-refractivity contribution in [2.45, 2.75) is 24.6 Å². The van der Waals surface area contributed by atoms with Crippen molar-refractivity contribution in [3.63, 3.8) is 0 Å². The van der Waals surface area contributed by atoms with Gasteiger partial charge >= 0.3 is 5.97 Å². The minimum absolute atomic E-state index is 0.0253. The van der Waals surface area contributed by atoms with Crippen molar-refractivity contribution in [2.75, 3.05) is 12.4 Å². The third-order valence-electron chi connectivity index (χ3n) is 6.33. The monoisotopic (exact) mass is 575 g/mol. The van der Waals surface area contributed by atoms with Crippen LogP contribution in [0.5, 0.6) is 5.75 Å². The van der Waals surface area contributed by atoms with Gasteiger partial charge in [-0.3, -0.25) is 24.6 Å². The minimum Gasteiger partial charge on any atom is -0.490 e. The van der Waals surface area contributed by atoms with E-state index in [-0.39, 0.29) is 42.7 Å². The number of hydrogen-bond acceptors (Lipinski definition) is 9. The number of fused-ring (bicyclic) bond motifs is 1. The fourth-order valence-corrected chi connectivity index (χ4v) is 5.53. The lowest BCUT2D eigenvalue weighted by Gasteiger charge is -2.49. The van der Waals surface area contributed by atoms with E-state index in [9.17, 15) is 24.5 Å². The van der Waals surface area contributed by atoms with Gasteiger partial charge in [-0.1, -0.05) is 48.5 Å². The highest BCUT2D eigenvalue weighted by molar-refractivity contribution is 8.00. The summed E-state index contributed by atoms with van der Waals surface area (Å²) >= 11 is 1.36. The Hall–Kier alpha value is -4.84. The molecule has 2 aliphatic heterocycles. The molecule has 2 atom stereocenters. The number of nitrogens with one attached hydrogen (secondary N) is 1. The van der Waals surface area contributed by atoms with Gasteiger partial charge in [-0.25, -0.2) is 4.79 Å². The second-order valence-electron chi connectivity index (χ2n) is 9.10. The zero-order valence-electron chi connectivity index (χ0n) is 21.6. The molecule has 0 aromatic heterocycles. The fraction of sp³-hybridized carbons (Fsp3) is 0.207. The van der Waals surface area contributed by atoms with Crippen molar-refractivity contribution in [1.29, 1.82) is 0 Å². The van der Waals surface area contributed by atoms with Gasteiger partial charge in [0.05, 0.1) is 10.7 Å². The molecule has 11 nitrogen and oxygen atoms in total. The molecule has 1 fully saturated rings. The first-order valence-electron chi connectivity index (χ1n) is 12.6. The van der Waals surface area contributed by atoms with Gasteiger partial charge in [0, 0.05) is 12.1 Å². The van der Waals surface area contributed by atoms with Gasteiger partial charge < -0.3 is 19.5 Å². The van der Waals surface area contributed by atoms with E-state index in [4.69, 9.17) is 14.2 Å². The lowest BCUT2D eigenvalue weighted by Crippen LogP contribution is -2.71. The molecule has 0 bridgehead atoms. The molecule has 210 valence electrons. The summed E-state index contributed by atoms with van der Waals surface area (Å²) in [5.41, 5.74) is 1.31. The maximum Gasteiger partial charge on any atom is 0.358 e. The second kappa shape index (κ2) is 12.6. The van der Waals surface area contributed by atoms with E-state index in [0.29, 0.717) is 11.3 Å². The number of ether oxygens (including phenoxy) is 3. The SMILES string of the molecule is O=C(COc1ccccc1)N[C@@H]1C(=O)N2C(C(=O)OCc3ccc([N+](=O)[O-])cc3)=C(OCc3ccccc3)CS[C@@H]12. The van der Waals surface area contributed by atoms with E-state index in [2.05, 4.69) is 5.32 Å². The van der Waals surface area contributed by atoms with Crippen LogP contribution >= 0.6 is 11.8 Å². The molecule has 3 aromatic carbocycles. The topological polar surface area (TPSA) is 137 Å². The van der Waals surface area contributed by atoms with Gasteiger partial charge in [-0.2, -0.15) is 0 Å². The summed E-state index contributed by atoms with van der Waals surface area (Å²) in [6, 6.07) is 23.0. The Morgan fingerprint density at radius 2 is 1.59 bits per heavy atom. The number of para-hydroxylation sites is 1. The number of esters is 1. The van der Waals surface area contributed by atoms with Crippen LogP contribution in [0.4, 0.5) is 5.69 Å². The number of β-lactam (4-membered cyclic amide) rings is 1. The first kappa shape index (κ1) is 27.7. The van der Waals surface area contributed by atoms with Crippen LogP contribution < -0.4 is 10.1 Å². The quantitative estimate of drug-likeness (QED) is 0.157. The van der Waals surface area contributed by atoms with Gasteiger partial charge in [0.15, 0.2) is 12.3 Å². The number of hydrogen-bond donors (Lipinski definition) is 1. The van der Waals surface area contributed by atoms with E-state index in [0.717, 1.165) is 5.56 Å². The molecule has 3 aromatic rings. The number of nitrogens with zero attached hydrogens (tertiary/aromatic N) is 2. The standard InChI is InChI=1S/C29H25N3O8S/c33-24(17-38-22-9-5-2-6-10-22)30-25-27(34)31-26(29(35)40-16-20-11-13-21(14-12-20)32(36)37)23(18-41-28(25)31)39-15-19-7-3-1-4-8-19/h1-14,25,28H,15-18H2,(H,30,33)/t25-,28+/m1/s1. The number of nitro groups is 1. The third-order valence-corrected chi connectivity index (χ3v) is 7.58.